The van der Waals surface area contributed by atoms with Gasteiger partial charge in [-0.3, -0.25) is 4.79 Å². The zero-order valence-corrected chi connectivity index (χ0v) is 20.3. The van der Waals surface area contributed by atoms with Crippen molar-refractivity contribution in [1.82, 2.24) is 5.32 Å². The topological polar surface area (TPSA) is 86.3 Å². The third-order valence-corrected chi connectivity index (χ3v) is 5.04. The second kappa shape index (κ2) is 20.8. The fourth-order valence-corrected chi connectivity index (χ4v) is 3.11. The molecule has 0 aromatic heterocycles. The Kier molecular flexibility index (Phi) is 22.6. The molecule has 0 aliphatic rings. The SMILES string of the molecule is CCCCCCCCC=CCCCCCCCC(=O)NCCS(=O)(=O)[O-].[Na+]. The second-order valence-corrected chi connectivity index (χ2v) is 8.47. The summed E-state index contributed by atoms with van der Waals surface area (Å²) in [6.45, 7) is 2.16. The number of unbranched alkanes of at least 4 members (excludes halogenated alkanes) is 11. The van der Waals surface area contributed by atoms with Crippen molar-refractivity contribution in [2.75, 3.05) is 12.3 Å². The Morgan fingerprint density at radius 2 is 1.33 bits per heavy atom. The van der Waals surface area contributed by atoms with Gasteiger partial charge in [0, 0.05) is 13.0 Å². The van der Waals surface area contributed by atoms with E-state index in [4.69, 9.17) is 0 Å². The minimum Gasteiger partial charge on any atom is -0.748 e. The molecule has 27 heavy (non-hydrogen) atoms. The van der Waals surface area contributed by atoms with E-state index >= 15 is 0 Å². The average Bonchev–Trinajstić information content (AvgIpc) is 2.57. The number of allylic oxidation sites excluding steroid dienone is 2. The van der Waals surface area contributed by atoms with Crippen LogP contribution in [0, 0.1) is 0 Å². The number of hydrogen-bond donors (Lipinski definition) is 1. The van der Waals surface area contributed by atoms with Crippen molar-refractivity contribution in [3.63, 3.8) is 0 Å². The van der Waals surface area contributed by atoms with Crippen LogP contribution in [0.25, 0.3) is 0 Å². The van der Waals surface area contributed by atoms with Crippen LogP contribution in [0.5, 0.6) is 0 Å². The summed E-state index contributed by atoms with van der Waals surface area (Å²) in [7, 11) is -4.24. The number of hydrogen-bond acceptors (Lipinski definition) is 4. The quantitative estimate of drug-likeness (QED) is 0.161. The maximum atomic E-state index is 11.4. The van der Waals surface area contributed by atoms with E-state index in [0.29, 0.717) is 6.42 Å². The molecule has 0 atom stereocenters. The molecule has 0 bridgehead atoms. The maximum Gasteiger partial charge on any atom is 1.00 e. The first-order chi connectivity index (χ1) is 12.5. The van der Waals surface area contributed by atoms with Crippen LogP contribution in [0.4, 0.5) is 0 Å². The molecule has 0 heterocycles. The Balaban J connectivity index is 0. The first-order valence-corrected chi connectivity index (χ1v) is 11.9. The molecule has 0 aromatic rings. The van der Waals surface area contributed by atoms with Gasteiger partial charge in [-0.1, -0.05) is 70.4 Å². The Morgan fingerprint density at radius 3 is 1.85 bits per heavy atom. The van der Waals surface area contributed by atoms with E-state index in [1.165, 1.54) is 57.8 Å². The summed E-state index contributed by atoms with van der Waals surface area (Å²) in [5.74, 6) is -0.711. The number of carbonyl (C=O) groups excluding carboxylic acids is 1. The van der Waals surface area contributed by atoms with Gasteiger partial charge < -0.3 is 9.87 Å². The molecular formula is C20H38NNaO4S. The summed E-state index contributed by atoms with van der Waals surface area (Å²) in [6, 6.07) is 0. The van der Waals surface area contributed by atoms with Crippen LogP contribution in [0.3, 0.4) is 0 Å². The van der Waals surface area contributed by atoms with Crippen molar-refractivity contribution in [2.45, 2.75) is 96.8 Å². The van der Waals surface area contributed by atoms with Gasteiger partial charge in [-0.2, -0.15) is 0 Å². The van der Waals surface area contributed by atoms with Crippen LogP contribution in [-0.4, -0.2) is 31.2 Å². The standard InChI is InChI=1S/C20H39NO4S.Na/c1-2-3-4-5-6-7-8-9-10-11-12-13-14-15-16-17-20(22)21-18-19-26(23,24)25;/h9-10H,2-8,11-19H2,1H3,(H,21,22)(H,23,24,25);/q;+1/p-1. The van der Waals surface area contributed by atoms with Gasteiger partial charge in [0.05, 0.1) is 15.9 Å². The van der Waals surface area contributed by atoms with E-state index in [2.05, 4.69) is 24.4 Å². The van der Waals surface area contributed by atoms with Crippen molar-refractivity contribution in [3.05, 3.63) is 12.2 Å². The summed E-state index contributed by atoms with van der Waals surface area (Å²) < 4.78 is 31.2. The van der Waals surface area contributed by atoms with Crippen LogP contribution in [0.15, 0.2) is 12.2 Å². The largest absolute Gasteiger partial charge is 1.00 e. The number of rotatable bonds is 18. The normalized spacial score (nSPS) is 11.5. The van der Waals surface area contributed by atoms with E-state index in [-0.39, 0.29) is 42.0 Å². The van der Waals surface area contributed by atoms with Crippen molar-refractivity contribution < 1.29 is 47.3 Å². The van der Waals surface area contributed by atoms with E-state index < -0.39 is 15.9 Å². The van der Waals surface area contributed by atoms with Crippen molar-refractivity contribution >= 4 is 16.0 Å². The predicted octanol–water partition coefficient (Wildman–Crippen LogP) is 1.69. The summed E-state index contributed by atoms with van der Waals surface area (Å²) in [6.07, 6.45) is 20.7. The second-order valence-electron chi connectivity index (χ2n) is 6.95. The van der Waals surface area contributed by atoms with Crippen molar-refractivity contribution in [2.24, 2.45) is 0 Å². The Hall–Kier alpha value is 0.120. The van der Waals surface area contributed by atoms with Crippen molar-refractivity contribution in [3.8, 4) is 0 Å². The van der Waals surface area contributed by atoms with E-state index in [0.717, 1.165) is 25.7 Å². The molecule has 0 saturated carbocycles. The van der Waals surface area contributed by atoms with E-state index in [1.807, 2.05) is 0 Å². The zero-order chi connectivity index (χ0) is 19.5. The van der Waals surface area contributed by atoms with E-state index in [1.54, 1.807) is 0 Å². The van der Waals surface area contributed by atoms with Gasteiger partial charge >= 0.3 is 29.6 Å². The van der Waals surface area contributed by atoms with Crippen LogP contribution in [-0.2, 0) is 14.9 Å². The Bertz CT molecular complexity index is 467. The number of carbonyl (C=O) groups is 1. The molecule has 1 amide bonds. The Labute approximate surface area is 189 Å². The molecule has 0 aliphatic heterocycles. The molecule has 154 valence electrons. The van der Waals surface area contributed by atoms with Gasteiger partial charge in [-0.05, 0) is 32.1 Å². The molecule has 1 N–H and O–H groups in total. The molecule has 0 saturated heterocycles. The first-order valence-electron chi connectivity index (χ1n) is 10.3. The number of amides is 1. The zero-order valence-electron chi connectivity index (χ0n) is 17.5. The molecule has 0 unspecified atom stereocenters. The fraction of sp³-hybridized carbons (Fsp3) is 0.850. The molecular weight excluding hydrogens is 373 g/mol. The molecule has 5 nitrogen and oxygen atoms in total. The van der Waals surface area contributed by atoms with Crippen LogP contribution in [0.2, 0.25) is 0 Å². The Morgan fingerprint density at radius 1 is 0.852 bits per heavy atom. The average molecular weight is 412 g/mol. The van der Waals surface area contributed by atoms with Gasteiger partial charge in [-0.15, -0.1) is 0 Å². The monoisotopic (exact) mass is 411 g/mol. The molecule has 0 fully saturated rings. The minimum absolute atomic E-state index is 0. The molecule has 0 aromatic carbocycles. The third-order valence-electron chi connectivity index (χ3n) is 4.34. The molecule has 0 radical (unpaired) electrons. The molecule has 0 rings (SSSR count). The maximum absolute atomic E-state index is 11.4. The van der Waals surface area contributed by atoms with Gasteiger partial charge in [-0.25, -0.2) is 8.42 Å². The van der Waals surface area contributed by atoms with Crippen LogP contribution < -0.4 is 34.9 Å². The van der Waals surface area contributed by atoms with Gasteiger partial charge in [0.2, 0.25) is 5.91 Å². The van der Waals surface area contributed by atoms with Crippen molar-refractivity contribution in [1.29, 1.82) is 0 Å². The van der Waals surface area contributed by atoms with Gasteiger partial charge in [0.15, 0.2) is 0 Å². The van der Waals surface area contributed by atoms with Crippen LogP contribution in [0.1, 0.15) is 96.8 Å². The van der Waals surface area contributed by atoms with Crippen LogP contribution >= 0.6 is 0 Å². The predicted molar refractivity (Wildman–Crippen MR) is 107 cm³/mol. The third kappa shape index (κ3) is 26.1. The smallest absolute Gasteiger partial charge is 0.748 e. The number of nitrogens with one attached hydrogen (secondary N) is 1. The summed E-state index contributed by atoms with van der Waals surface area (Å²) in [5.41, 5.74) is 0. The van der Waals surface area contributed by atoms with Gasteiger partial charge in [0.1, 0.15) is 0 Å². The van der Waals surface area contributed by atoms with Gasteiger partial charge in [0.25, 0.3) is 0 Å². The van der Waals surface area contributed by atoms with E-state index in [9.17, 15) is 17.8 Å². The molecule has 7 heteroatoms. The summed E-state index contributed by atoms with van der Waals surface area (Å²) >= 11 is 0. The molecule has 0 aliphatic carbocycles. The fourth-order valence-electron chi connectivity index (χ4n) is 2.76. The summed E-state index contributed by atoms with van der Waals surface area (Å²) in [4.78, 5) is 11.4. The molecule has 0 spiro atoms. The first kappa shape index (κ1) is 29.3. The minimum atomic E-state index is -4.24. The summed E-state index contributed by atoms with van der Waals surface area (Å²) in [5, 5.41) is 2.46.